The summed E-state index contributed by atoms with van der Waals surface area (Å²) >= 11 is 2.12. The number of benzene rings is 6. The molecule has 0 saturated carbocycles. The molecule has 722 valence electrons. The van der Waals surface area contributed by atoms with Crippen molar-refractivity contribution in [1.82, 2.24) is 77.3 Å². The molecule has 3 fully saturated rings. The summed E-state index contributed by atoms with van der Waals surface area (Å²) in [4.78, 5) is 248. The highest BCUT2D eigenvalue weighted by Gasteiger charge is 2.48. The minimum absolute atomic E-state index is 0.0749. The molecule has 37 nitrogen and oxygen atoms in total. The number of carboxylic acid groups (broad SMARTS) is 1. The number of carboxylic acids is 1. The Morgan fingerprint density at radius 2 is 0.919 bits per heavy atom. The van der Waals surface area contributed by atoms with Gasteiger partial charge in [0, 0.05) is 108 Å². The number of hydrogen-bond donors (Lipinski definition) is 16. The molecule has 0 bridgehead atoms. The van der Waals surface area contributed by atoms with Crippen molar-refractivity contribution < 1.29 is 102 Å². The van der Waals surface area contributed by atoms with Gasteiger partial charge in [-0.3, -0.25) is 76.7 Å². The molecule has 3 saturated heterocycles. The van der Waals surface area contributed by atoms with Crippen LogP contribution in [0.4, 0.5) is 0 Å². The summed E-state index contributed by atoms with van der Waals surface area (Å²) < 4.78 is 0. The zero-order valence-electron chi connectivity index (χ0n) is 76.4. The number of rotatable bonds is 23. The van der Waals surface area contributed by atoms with E-state index in [-0.39, 0.29) is 74.5 Å². The molecule has 0 aliphatic carbocycles. The van der Waals surface area contributed by atoms with E-state index in [0.29, 0.717) is 44.3 Å². The number of thioether (sulfide) groups is 2. The highest BCUT2D eigenvalue weighted by Crippen LogP contribution is 2.29. The van der Waals surface area contributed by atoms with E-state index in [1.165, 1.54) is 81.4 Å². The Morgan fingerprint density at radius 1 is 0.474 bits per heavy atom. The summed E-state index contributed by atoms with van der Waals surface area (Å²) in [5, 5.41) is 79.1. The van der Waals surface area contributed by atoms with Crippen LogP contribution in [0.2, 0.25) is 0 Å². The van der Waals surface area contributed by atoms with Gasteiger partial charge in [-0.2, -0.15) is 11.8 Å². The molecule has 15 atom stereocenters. The molecule has 3 aliphatic heterocycles. The number of hydrogen-bond acceptors (Lipinski definition) is 22. The number of amides is 15. The maximum atomic E-state index is 15.8. The summed E-state index contributed by atoms with van der Waals surface area (Å²) in [5.41, 5.74) is 8.90. The molecule has 17 N–H and O–H groups in total. The zero-order valence-corrected chi connectivity index (χ0v) is 78.0. The number of aliphatic hydroxyl groups excluding tert-OH is 2. The molecule has 135 heavy (non-hydrogen) atoms. The fourth-order valence-electron chi connectivity index (χ4n) is 16.7. The average Bonchev–Trinajstić information content (AvgIpc) is 1.72. The van der Waals surface area contributed by atoms with Crippen LogP contribution in [0.1, 0.15) is 93.2 Å². The van der Waals surface area contributed by atoms with Gasteiger partial charge in [0.15, 0.2) is 0 Å². The number of aliphatic carboxylic acids is 1. The summed E-state index contributed by atoms with van der Waals surface area (Å²) in [5.74, 6) is -18.2. The van der Waals surface area contributed by atoms with E-state index in [0.717, 1.165) is 36.3 Å². The fourth-order valence-corrected chi connectivity index (χ4v) is 18.0. The lowest BCUT2D eigenvalue weighted by Crippen LogP contribution is -2.62. The van der Waals surface area contributed by atoms with Crippen LogP contribution >= 0.6 is 23.5 Å². The maximum absolute atomic E-state index is 15.8. The van der Waals surface area contributed by atoms with Crippen LogP contribution in [0.3, 0.4) is 0 Å². The van der Waals surface area contributed by atoms with E-state index in [9.17, 15) is 54.3 Å². The van der Waals surface area contributed by atoms with Gasteiger partial charge in [0.05, 0.1) is 30.9 Å². The lowest BCUT2D eigenvalue weighted by molar-refractivity contribution is -0.152. The highest BCUT2D eigenvalue weighted by molar-refractivity contribution is 8.00. The molecule has 1 aromatic heterocycles. The highest BCUT2D eigenvalue weighted by atomic mass is 32.2. The average molecular weight is 1900 g/mol. The molecule has 7 aromatic rings. The summed E-state index contributed by atoms with van der Waals surface area (Å²) in [6.45, 7) is 4.83. The Hall–Kier alpha value is -13.4. The summed E-state index contributed by atoms with van der Waals surface area (Å²) in [6.07, 6.45) is -3.25. The number of aromatic amines is 1. The first kappa shape index (κ1) is 104. The van der Waals surface area contributed by atoms with Gasteiger partial charge >= 0.3 is 5.97 Å². The van der Waals surface area contributed by atoms with Gasteiger partial charge in [-0.25, -0.2) is 0 Å². The van der Waals surface area contributed by atoms with E-state index in [2.05, 4.69) is 52.8 Å². The second-order valence-corrected chi connectivity index (χ2v) is 37.0. The Kier molecular flexibility index (Phi) is 37.6. The van der Waals surface area contributed by atoms with Crippen molar-refractivity contribution in [3.63, 3.8) is 0 Å². The van der Waals surface area contributed by atoms with Crippen LogP contribution in [-0.2, 0) is 115 Å². The topological polar surface area (TPSA) is 541 Å². The van der Waals surface area contributed by atoms with E-state index in [1.807, 2.05) is 0 Å². The number of aromatic nitrogens is 1. The minimum Gasteiger partial charge on any atom is -0.508 e. The predicted molar refractivity (Wildman–Crippen MR) is 503 cm³/mol. The van der Waals surface area contributed by atoms with E-state index >= 15 is 47.9 Å². The van der Waals surface area contributed by atoms with Gasteiger partial charge in [-0.15, -0.1) is 11.8 Å². The van der Waals surface area contributed by atoms with Crippen LogP contribution in [0, 0.1) is 11.8 Å². The number of nitrogens with zero attached hydrogens (tertiary/aromatic N) is 5. The van der Waals surface area contributed by atoms with Crippen LogP contribution in [-0.4, -0.2) is 305 Å². The van der Waals surface area contributed by atoms with Crippen molar-refractivity contribution in [3.8, 4) is 11.5 Å². The van der Waals surface area contributed by atoms with Gasteiger partial charge in [0.1, 0.15) is 90.0 Å². The standard InChI is InChI=1S/C96H120N16O21S2/c1-54(2)38-68-85(122)106-74(84(121)99-49-80(97)117)52-135-53-81(118)100-72(40-56-20-12-9-13-21-56)92(129)110(7)79(43-58-24-16-11-17-25-58)94(131)108(5)75(36-37-134-8)95(132)112-51-65(116)46-78(112)91(128)104-71(47-82(119)120)88(125)107-83(55(3)4)96(133)109(6)76(42-57-22-14-10-15-23-57)89(126)105-73(41-60-30-34-63(114)35-31-60)93(130)111-50-64(115)45-77(111)90(127)103-70(44-61-48-98-67-27-19-18-26-66(61)67)87(124)102-69(86(123)101-68)39-59-28-32-62(113)33-29-59/h9-35,48,54-55,64-65,68-79,83,98,113-116H,36-47,49-53H2,1-8H3,(H2,97,117)(H,99,121)(H,100,118)(H,101,123)(H,102,124)(H,103,127)(H,104,128)(H,105,126)(H,106,122)(H,107,125)(H,119,120)/t64-,65-,68-,69+,70+,71+,72-,73+,74+,75+,76-,77+,78+,79+,83+/m1/s1. The second kappa shape index (κ2) is 49.0. The largest absolute Gasteiger partial charge is 0.508 e. The number of aliphatic hydroxyl groups is 2. The third-order valence-corrected chi connectivity index (χ3v) is 25.7. The second-order valence-electron chi connectivity index (χ2n) is 35.0. The Bertz CT molecular complexity index is 5350. The number of fused-ring (bicyclic) bond motifs is 3. The van der Waals surface area contributed by atoms with Crippen molar-refractivity contribution in [2.75, 3.05) is 64.3 Å². The molecule has 39 heteroatoms. The molecule has 6 aromatic carbocycles. The first-order chi connectivity index (χ1) is 64.3. The number of phenolic OH excluding ortho intramolecular Hbond substituents is 2. The van der Waals surface area contributed by atoms with E-state index in [1.54, 1.807) is 155 Å². The Morgan fingerprint density at radius 3 is 1.45 bits per heavy atom. The number of nitrogens with one attached hydrogen (secondary N) is 10. The summed E-state index contributed by atoms with van der Waals surface area (Å²) in [7, 11) is 3.94. The number of para-hydroxylation sites is 1. The van der Waals surface area contributed by atoms with E-state index in [4.69, 9.17) is 5.73 Å². The van der Waals surface area contributed by atoms with Crippen molar-refractivity contribution in [2.45, 2.75) is 189 Å². The van der Waals surface area contributed by atoms with Crippen molar-refractivity contribution >= 4 is 129 Å². The van der Waals surface area contributed by atoms with Crippen molar-refractivity contribution in [1.29, 1.82) is 0 Å². The van der Waals surface area contributed by atoms with Gasteiger partial charge in [-0.1, -0.05) is 161 Å². The third-order valence-electron chi connectivity index (χ3n) is 24.0. The quantitative estimate of drug-likeness (QED) is 0.0423. The van der Waals surface area contributed by atoms with Gasteiger partial charge < -0.3 is 109 Å². The number of nitrogens with two attached hydrogens (primary N) is 1. The zero-order chi connectivity index (χ0) is 98.0. The maximum Gasteiger partial charge on any atom is 0.305 e. The number of phenols is 2. The lowest BCUT2D eigenvalue weighted by Gasteiger charge is -2.38. The molecule has 3 aliphatic rings. The van der Waals surface area contributed by atoms with Crippen molar-refractivity contribution in [3.05, 3.63) is 203 Å². The third kappa shape index (κ3) is 29.1. The monoisotopic (exact) mass is 1900 g/mol. The fraction of sp³-hybridized carbons (Fsp3) is 0.438. The number of carbonyl (C=O) groups excluding carboxylic acids is 15. The van der Waals surface area contributed by atoms with Crippen LogP contribution in [0.25, 0.3) is 10.9 Å². The normalized spacial score (nSPS) is 24.5. The molecule has 0 spiro atoms. The molecule has 4 heterocycles. The Balaban J connectivity index is 1.06. The Labute approximate surface area is 790 Å². The van der Waals surface area contributed by atoms with Crippen molar-refractivity contribution in [2.24, 2.45) is 17.6 Å². The molecule has 0 unspecified atom stereocenters. The first-order valence-electron chi connectivity index (χ1n) is 44.6. The summed E-state index contributed by atoms with van der Waals surface area (Å²) in [6, 6.07) is 22.8. The molecule has 0 radical (unpaired) electrons. The van der Waals surface area contributed by atoms with Gasteiger partial charge in [0.2, 0.25) is 88.6 Å². The number of likely N-dealkylation sites (N-methyl/N-ethyl adjacent to an activating group) is 3. The predicted octanol–water partition coefficient (Wildman–Crippen LogP) is 0.896. The van der Waals surface area contributed by atoms with E-state index < -0.39 is 242 Å². The number of aromatic hydroxyl groups is 2. The molecule has 15 amide bonds. The number of carbonyl (C=O) groups is 16. The molecule has 10 rings (SSSR count). The smallest absolute Gasteiger partial charge is 0.305 e. The SMILES string of the molecule is CSCC[C@H]1C(=O)N2C[C@H](O)C[C@H]2C(=O)N[C@@H](CC(=O)O)C(=O)N[C@@H](C(C)C)C(=O)N(C)[C@H](Cc2ccccc2)C(=O)N[C@@H](Cc2ccc(O)cc2)C(=O)N2C[C@H](O)C[C@H]2C(=O)N[C@@H](Cc2c[nH]c3ccccc23)C(=O)N[C@@H](Cc2ccc(O)cc2)C(=O)N[C@H](CC(C)C)C(=O)N[C@H](C(=O)NCC(N)=O)CSCC(=O)N[C@H](Cc2ccccc2)C(=O)N(C)[C@@H](Cc2ccccc2)C(=O)N1C. The van der Waals surface area contributed by atoms with Crippen LogP contribution in [0.5, 0.6) is 11.5 Å². The number of primary amides is 1. The molecular formula is C96H120N16O21S2. The minimum atomic E-state index is -2.00. The van der Waals surface area contributed by atoms with Crippen LogP contribution in [0.15, 0.2) is 170 Å². The first-order valence-corrected chi connectivity index (χ1v) is 47.2. The molecular weight excluding hydrogens is 1780 g/mol. The van der Waals surface area contributed by atoms with Gasteiger partial charge in [0.25, 0.3) is 0 Å². The van der Waals surface area contributed by atoms with Crippen LogP contribution < -0.4 is 53.6 Å². The lowest BCUT2D eigenvalue weighted by atomic mass is 9.98. The number of H-pyrrole nitrogens is 1. The van der Waals surface area contributed by atoms with Gasteiger partial charge in [-0.05, 0) is 100 Å².